The highest BCUT2D eigenvalue weighted by Gasteiger charge is 2.15. The fourth-order valence-corrected chi connectivity index (χ4v) is 2.54. The van der Waals surface area contributed by atoms with Crippen molar-refractivity contribution in [2.75, 3.05) is 11.9 Å². The lowest BCUT2D eigenvalue weighted by Gasteiger charge is -2.09. The van der Waals surface area contributed by atoms with Gasteiger partial charge in [0.05, 0.1) is 4.90 Å². The quantitative estimate of drug-likeness (QED) is 0.789. The summed E-state index contributed by atoms with van der Waals surface area (Å²) in [6.07, 6.45) is 0. The molecular weight excluding hydrogens is 323 g/mol. The van der Waals surface area contributed by atoms with Gasteiger partial charge in [-0.25, -0.2) is 12.8 Å². The molecule has 2 N–H and O–H groups in total. The number of amides is 1. The third-order valence-electron chi connectivity index (χ3n) is 2.91. The first-order valence-corrected chi connectivity index (χ1v) is 8.11. The normalized spacial score (nSPS) is 11.2. The van der Waals surface area contributed by atoms with Crippen molar-refractivity contribution < 1.29 is 22.4 Å². The minimum Gasteiger partial charge on any atom is -0.324 e. The average molecular weight is 338 g/mol. The van der Waals surface area contributed by atoms with Gasteiger partial charge in [-0.2, -0.15) is 0 Å². The predicted molar refractivity (Wildman–Crippen MR) is 82.5 cm³/mol. The monoisotopic (exact) mass is 338 g/mol. The Morgan fingerprint density at radius 1 is 1.13 bits per heavy atom. The highest BCUT2D eigenvalue weighted by atomic mass is 32.2. The summed E-state index contributed by atoms with van der Waals surface area (Å²) in [4.78, 5) is 18.1. The molecule has 0 bridgehead atoms. The van der Waals surface area contributed by atoms with Crippen LogP contribution in [0.2, 0.25) is 0 Å². The number of para-hydroxylation sites is 1. The molecule has 0 spiro atoms. The summed E-state index contributed by atoms with van der Waals surface area (Å²) in [5.74, 6) is -1.07. The molecule has 0 fully saturated rings. The van der Waals surface area contributed by atoms with Crippen LogP contribution in [-0.2, 0) is 19.7 Å². The fraction of sp³-hybridized carbons (Fsp3) is 0.133. The molecule has 0 saturated carbocycles. The van der Waals surface area contributed by atoms with Crippen LogP contribution >= 0.6 is 0 Å². The van der Waals surface area contributed by atoms with Gasteiger partial charge in [0.1, 0.15) is 12.4 Å². The number of hydrogen-bond donors (Lipinski definition) is 2. The Morgan fingerprint density at radius 3 is 2.43 bits per heavy atom. The van der Waals surface area contributed by atoms with Crippen LogP contribution in [0.15, 0.2) is 53.4 Å². The molecule has 23 heavy (non-hydrogen) atoms. The minimum absolute atomic E-state index is 0.168. The van der Waals surface area contributed by atoms with Gasteiger partial charge >= 0.3 is 0 Å². The van der Waals surface area contributed by atoms with Gasteiger partial charge in [-0.1, -0.05) is 23.1 Å². The van der Waals surface area contributed by atoms with Gasteiger partial charge in [0, 0.05) is 5.69 Å². The Bertz CT molecular complexity index is 791. The maximum atomic E-state index is 12.8. The number of hydrogen-bond acceptors (Lipinski definition) is 4. The summed E-state index contributed by atoms with van der Waals surface area (Å²) >= 11 is 0. The number of sulfonamides is 1. The second-order valence-electron chi connectivity index (χ2n) is 4.69. The van der Waals surface area contributed by atoms with Crippen molar-refractivity contribution in [2.24, 2.45) is 0 Å². The van der Waals surface area contributed by atoms with E-state index in [0.717, 1.165) is 29.8 Å². The number of halogens is 1. The van der Waals surface area contributed by atoms with Crippen molar-refractivity contribution in [1.82, 2.24) is 4.89 Å². The van der Waals surface area contributed by atoms with Crippen LogP contribution in [0.4, 0.5) is 10.1 Å². The van der Waals surface area contributed by atoms with Crippen LogP contribution in [0.5, 0.6) is 0 Å². The van der Waals surface area contributed by atoms with Crippen molar-refractivity contribution >= 4 is 21.6 Å². The zero-order valence-electron chi connectivity index (χ0n) is 12.2. The van der Waals surface area contributed by atoms with Crippen LogP contribution in [0.3, 0.4) is 0 Å². The molecule has 122 valence electrons. The summed E-state index contributed by atoms with van der Waals surface area (Å²) < 4.78 is 36.5. The number of benzene rings is 2. The molecule has 0 aliphatic carbocycles. The van der Waals surface area contributed by atoms with Crippen molar-refractivity contribution in [1.29, 1.82) is 0 Å². The zero-order chi connectivity index (χ0) is 16.9. The first-order valence-electron chi connectivity index (χ1n) is 6.63. The Kier molecular flexibility index (Phi) is 5.43. The molecule has 1 amide bonds. The number of anilines is 1. The molecule has 0 heterocycles. The fourth-order valence-electron chi connectivity index (χ4n) is 1.73. The van der Waals surface area contributed by atoms with E-state index in [-0.39, 0.29) is 4.90 Å². The van der Waals surface area contributed by atoms with Crippen LogP contribution in [0, 0.1) is 12.7 Å². The molecule has 2 rings (SSSR count). The molecular formula is C15H15FN2O4S. The van der Waals surface area contributed by atoms with Crippen molar-refractivity contribution in [3.63, 3.8) is 0 Å². The summed E-state index contributed by atoms with van der Waals surface area (Å²) in [6.45, 7) is 1.32. The maximum absolute atomic E-state index is 12.8. The maximum Gasteiger partial charge on any atom is 0.262 e. The van der Waals surface area contributed by atoms with E-state index >= 15 is 0 Å². The van der Waals surface area contributed by atoms with Gasteiger partial charge in [0.15, 0.2) is 0 Å². The lowest BCUT2D eigenvalue weighted by atomic mass is 10.2. The average Bonchev–Trinajstić information content (AvgIpc) is 2.50. The second-order valence-corrected chi connectivity index (χ2v) is 6.34. The van der Waals surface area contributed by atoms with E-state index in [1.807, 2.05) is 23.9 Å². The van der Waals surface area contributed by atoms with Crippen LogP contribution < -0.4 is 10.2 Å². The lowest BCUT2D eigenvalue weighted by Crippen LogP contribution is -2.29. The van der Waals surface area contributed by atoms with E-state index in [9.17, 15) is 17.6 Å². The highest BCUT2D eigenvalue weighted by molar-refractivity contribution is 7.89. The molecule has 0 aliphatic heterocycles. The standard InChI is InChI=1S/C15H15FN2O4S/c1-11-4-2-3-5-14(11)17-15(19)10-22-18-23(20,21)13-8-6-12(16)7-9-13/h2-9,18H,10H2,1H3,(H,17,19). The first-order chi connectivity index (χ1) is 10.9. The van der Waals surface area contributed by atoms with Gasteiger partial charge < -0.3 is 5.32 Å². The summed E-state index contributed by atoms with van der Waals surface area (Å²) in [7, 11) is -3.97. The molecule has 0 saturated heterocycles. The topological polar surface area (TPSA) is 84.5 Å². The third kappa shape index (κ3) is 4.85. The molecule has 0 radical (unpaired) electrons. The van der Waals surface area contributed by atoms with Crippen LogP contribution in [0.25, 0.3) is 0 Å². The molecule has 0 aliphatic rings. The Labute approximate surface area is 133 Å². The minimum atomic E-state index is -3.97. The number of aryl methyl sites for hydroxylation is 1. The molecule has 0 unspecified atom stereocenters. The van der Waals surface area contributed by atoms with Gasteiger partial charge in [-0.15, -0.1) is 0 Å². The van der Waals surface area contributed by atoms with Crippen LogP contribution in [0.1, 0.15) is 5.56 Å². The van der Waals surface area contributed by atoms with E-state index in [1.165, 1.54) is 0 Å². The Hall–Kier alpha value is -2.29. The van der Waals surface area contributed by atoms with E-state index < -0.39 is 28.4 Å². The molecule has 2 aromatic carbocycles. The number of nitrogens with one attached hydrogen (secondary N) is 2. The SMILES string of the molecule is Cc1ccccc1NC(=O)CONS(=O)(=O)c1ccc(F)cc1. The Morgan fingerprint density at radius 2 is 1.78 bits per heavy atom. The van der Waals surface area contributed by atoms with Crippen molar-refractivity contribution in [3.05, 3.63) is 59.9 Å². The lowest BCUT2D eigenvalue weighted by molar-refractivity contribution is -0.121. The summed E-state index contributed by atoms with van der Waals surface area (Å²) in [5, 5.41) is 2.60. The third-order valence-corrected chi connectivity index (χ3v) is 4.15. The number of carbonyl (C=O) groups is 1. The van der Waals surface area contributed by atoms with Gasteiger partial charge in [-0.3, -0.25) is 9.63 Å². The summed E-state index contributed by atoms with van der Waals surface area (Å²) in [5.41, 5.74) is 1.48. The molecule has 0 atom stereocenters. The largest absolute Gasteiger partial charge is 0.324 e. The molecule has 0 aromatic heterocycles. The van der Waals surface area contributed by atoms with Crippen molar-refractivity contribution in [2.45, 2.75) is 11.8 Å². The van der Waals surface area contributed by atoms with Gasteiger partial charge in [-0.05, 0) is 42.8 Å². The Balaban J connectivity index is 1.88. The van der Waals surface area contributed by atoms with Crippen LogP contribution in [-0.4, -0.2) is 20.9 Å². The zero-order valence-corrected chi connectivity index (χ0v) is 13.1. The smallest absolute Gasteiger partial charge is 0.262 e. The number of carbonyl (C=O) groups excluding carboxylic acids is 1. The van der Waals surface area contributed by atoms with Crippen molar-refractivity contribution in [3.8, 4) is 0 Å². The van der Waals surface area contributed by atoms with E-state index in [2.05, 4.69) is 5.32 Å². The summed E-state index contributed by atoms with van der Waals surface area (Å²) in [6, 6.07) is 11.4. The van der Waals surface area contributed by atoms with Gasteiger partial charge in [0.25, 0.3) is 15.9 Å². The second kappa shape index (κ2) is 7.32. The number of rotatable bonds is 6. The molecule has 8 heteroatoms. The van der Waals surface area contributed by atoms with E-state index in [1.54, 1.807) is 12.1 Å². The molecule has 6 nitrogen and oxygen atoms in total. The highest BCUT2D eigenvalue weighted by Crippen LogP contribution is 2.13. The van der Waals surface area contributed by atoms with Gasteiger partial charge in [0.2, 0.25) is 0 Å². The molecule has 2 aromatic rings. The van der Waals surface area contributed by atoms with E-state index in [0.29, 0.717) is 5.69 Å². The van der Waals surface area contributed by atoms with E-state index in [4.69, 9.17) is 4.84 Å². The first kappa shape index (κ1) is 17.1. The predicted octanol–water partition coefficient (Wildman–Crippen LogP) is 1.98.